The first kappa shape index (κ1) is 68.1. The first-order valence-corrected chi connectivity index (χ1v) is 30.8. The Kier molecular flexibility index (Phi) is 57.2. The smallest absolute Gasteiger partial charge is 0.306 e. The van der Waals surface area contributed by atoms with E-state index >= 15 is 0 Å². The minimum absolute atomic E-state index is 0.0769. The van der Waals surface area contributed by atoms with Gasteiger partial charge in [0.2, 0.25) is 0 Å². The van der Waals surface area contributed by atoms with E-state index in [9.17, 15) is 14.4 Å². The minimum atomic E-state index is -0.778. The van der Waals surface area contributed by atoms with Crippen LogP contribution in [0.2, 0.25) is 0 Å². The van der Waals surface area contributed by atoms with Gasteiger partial charge in [0.25, 0.3) is 0 Å². The first-order valence-electron chi connectivity index (χ1n) is 30.8. The van der Waals surface area contributed by atoms with Gasteiger partial charge >= 0.3 is 17.9 Å². The van der Waals surface area contributed by atoms with Crippen molar-refractivity contribution in [1.82, 2.24) is 0 Å². The molecular weight excluding hydrogens is 877 g/mol. The summed E-state index contributed by atoms with van der Waals surface area (Å²) in [6, 6.07) is 0. The predicted molar refractivity (Wildman–Crippen MR) is 307 cm³/mol. The minimum Gasteiger partial charge on any atom is -0.462 e. The molecule has 0 amide bonds. The van der Waals surface area contributed by atoms with Gasteiger partial charge in [-0.15, -0.1) is 0 Å². The third kappa shape index (κ3) is 57.9. The molecule has 0 aliphatic rings. The molecule has 0 aliphatic carbocycles. The number of carbonyl (C=O) groups is 3. The van der Waals surface area contributed by atoms with Gasteiger partial charge in [-0.3, -0.25) is 14.4 Å². The lowest BCUT2D eigenvalue weighted by atomic mass is 10.0. The number of esters is 3. The van der Waals surface area contributed by atoms with Crippen LogP contribution in [0.15, 0.2) is 60.8 Å². The van der Waals surface area contributed by atoms with E-state index in [1.807, 2.05) is 0 Å². The molecule has 0 rings (SSSR count). The lowest BCUT2D eigenvalue weighted by Crippen LogP contribution is -2.30. The number of hydrogen-bond donors (Lipinski definition) is 0. The van der Waals surface area contributed by atoms with Crippen molar-refractivity contribution in [2.75, 3.05) is 13.2 Å². The van der Waals surface area contributed by atoms with Crippen LogP contribution in [0.4, 0.5) is 0 Å². The molecule has 1 unspecified atom stereocenters. The molecule has 0 saturated carbocycles. The van der Waals surface area contributed by atoms with E-state index in [1.165, 1.54) is 180 Å². The summed E-state index contributed by atoms with van der Waals surface area (Å²) in [6.07, 6.45) is 75.2. The van der Waals surface area contributed by atoms with Crippen LogP contribution >= 0.6 is 0 Å². The average molecular weight is 994 g/mol. The van der Waals surface area contributed by atoms with Crippen molar-refractivity contribution < 1.29 is 28.6 Å². The number of hydrogen-bond acceptors (Lipinski definition) is 6. The van der Waals surface area contributed by atoms with Gasteiger partial charge in [0.05, 0.1) is 0 Å². The summed E-state index contributed by atoms with van der Waals surface area (Å²) in [5, 5.41) is 0. The summed E-state index contributed by atoms with van der Waals surface area (Å²) in [5.41, 5.74) is 0. The summed E-state index contributed by atoms with van der Waals surface area (Å²) in [7, 11) is 0. The summed E-state index contributed by atoms with van der Waals surface area (Å²) in [6.45, 7) is 6.59. The molecule has 6 nitrogen and oxygen atoms in total. The van der Waals surface area contributed by atoms with Crippen molar-refractivity contribution in [3.8, 4) is 0 Å². The second-order valence-corrected chi connectivity index (χ2v) is 20.6. The van der Waals surface area contributed by atoms with Gasteiger partial charge in [-0.05, 0) is 83.5 Å². The van der Waals surface area contributed by atoms with E-state index in [0.717, 1.165) is 96.3 Å². The molecule has 6 heteroatoms. The third-order valence-electron chi connectivity index (χ3n) is 13.5. The molecule has 0 radical (unpaired) electrons. The van der Waals surface area contributed by atoms with E-state index in [1.54, 1.807) is 0 Å². The lowest BCUT2D eigenvalue weighted by molar-refractivity contribution is -0.167. The highest BCUT2D eigenvalue weighted by Gasteiger charge is 2.19. The van der Waals surface area contributed by atoms with Gasteiger partial charge in [-0.2, -0.15) is 0 Å². The van der Waals surface area contributed by atoms with Crippen LogP contribution < -0.4 is 0 Å². The van der Waals surface area contributed by atoms with Gasteiger partial charge in [0.15, 0.2) is 6.10 Å². The highest BCUT2D eigenvalue weighted by atomic mass is 16.6. The Morgan fingerprint density at radius 2 is 0.521 bits per heavy atom. The Morgan fingerprint density at radius 1 is 0.282 bits per heavy atom. The van der Waals surface area contributed by atoms with Crippen molar-refractivity contribution in [2.45, 2.75) is 322 Å². The van der Waals surface area contributed by atoms with Crippen LogP contribution in [0.1, 0.15) is 316 Å². The molecule has 0 fully saturated rings. The molecule has 1 atom stereocenters. The maximum Gasteiger partial charge on any atom is 0.306 e. The van der Waals surface area contributed by atoms with E-state index < -0.39 is 6.10 Å². The van der Waals surface area contributed by atoms with Gasteiger partial charge < -0.3 is 14.2 Å². The maximum atomic E-state index is 12.8. The Morgan fingerprint density at radius 3 is 0.831 bits per heavy atom. The van der Waals surface area contributed by atoms with Crippen molar-refractivity contribution >= 4 is 17.9 Å². The van der Waals surface area contributed by atoms with Gasteiger partial charge in [0.1, 0.15) is 13.2 Å². The van der Waals surface area contributed by atoms with Gasteiger partial charge in [0, 0.05) is 19.3 Å². The van der Waals surface area contributed by atoms with E-state index in [-0.39, 0.29) is 31.1 Å². The van der Waals surface area contributed by atoms with Crippen LogP contribution in [0.25, 0.3) is 0 Å². The molecule has 0 aromatic rings. The van der Waals surface area contributed by atoms with Crippen LogP contribution in [0, 0.1) is 0 Å². The molecule has 412 valence electrons. The fourth-order valence-corrected chi connectivity index (χ4v) is 8.82. The average Bonchev–Trinajstić information content (AvgIpc) is 3.37. The molecule has 0 heterocycles. The summed E-state index contributed by atoms with van der Waals surface area (Å²) in [4.78, 5) is 38.1. The van der Waals surface area contributed by atoms with E-state index in [0.29, 0.717) is 19.3 Å². The number of ether oxygens (including phenoxy) is 3. The standard InChI is InChI=1S/C65H116O6/c1-4-7-10-13-16-19-22-24-26-27-28-29-30-31-32-33-34-35-36-37-38-39-40-42-43-46-49-52-55-58-64(67)70-61-62(60-69-63(66)57-54-51-48-45-21-18-15-12-9-6-3)71-65(68)59-56-53-50-47-44-41-25-23-20-17-14-11-8-5-2/h14,17,22-25,27-28,30-31,62H,4-13,15-16,18-21,26,29,32-61H2,1-3H3/b17-14-,24-22-,25-23-,28-27-,31-30-. The van der Waals surface area contributed by atoms with Crippen molar-refractivity contribution in [3.63, 3.8) is 0 Å². The SMILES string of the molecule is CCCC/C=C\C/C=C\CCCCCCCC(=O)OC(COC(=O)CCCCCCCCCCCC)COC(=O)CCCCCCCCCCCCCCCC/C=C\C/C=C\C/C=C\CCCCCCC. The highest BCUT2D eigenvalue weighted by molar-refractivity contribution is 5.71. The fourth-order valence-electron chi connectivity index (χ4n) is 8.82. The number of unbranched alkanes of at least 4 members (excludes halogenated alkanes) is 35. The monoisotopic (exact) mass is 993 g/mol. The van der Waals surface area contributed by atoms with Gasteiger partial charge in [-0.1, -0.05) is 274 Å². The van der Waals surface area contributed by atoms with Crippen molar-refractivity contribution in [3.05, 3.63) is 60.8 Å². The first-order chi connectivity index (χ1) is 35.0. The lowest BCUT2D eigenvalue weighted by Gasteiger charge is -2.18. The molecule has 0 saturated heterocycles. The second-order valence-electron chi connectivity index (χ2n) is 20.6. The van der Waals surface area contributed by atoms with E-state index in [4.69, 9.17) is 14.2 Å². The maximum absolute atomic E-state index is 12.8. The molecular formula is C65H116O6. The fraction of sp³-hybridized carbons (Fsp3) is 0.800. The van der Waals surface area contributed by atoms with Crippen molar-refractivity contribution in [2.24, 2.45) is 0 Å². The molecule has 0 spiro atoms. The quantitative estimate of drug-likeness (QED) is 0.0261. The summed E-state index contributed by atoms with van der Waals surface area (Å²) < 4.78 is 16.8. The van der Waals surface area contributed by atoms with Crippen LogP contribution in [-0.2, 0) is 28.6 Å². The molecule has 71 heavy (non-hydrogen) atoms. The predicted octanol–water partition coefficient (Wildman–Crippen LogP) is 20.8. The largest absolute Gasteiger partial charge is 0.462 e. The number of carbonyl (C=O) groups excluding carboxylic acids is 3. The van der Waals surface area contributed by atoms with E-state index in [2.05, 4.69) is 81.5 Å². The molecule has 0 bridgehead atoms. The Hall–Kier alpha value is -2.89. The molecule has 0 N–H and O–H groups in total. The topological polar surface area (TPSA) is 78.9 Å². The zero-order valence-corrected chi connectivity index (χ0v) is 47.2. The summed E-state index contributed by atoms with van der Waals surface area (Å²) in [5.74, 6) is -0.881. The second kappa shape index (κ2) is 59.7. The Bertz CT molecular complexity index is 1280. The number of allylic oxidation sites excluding steroid dienone is 10. The summed E-state index contributed by atoms with van der Waals surface area (Å²) >= 11 is 0. The Labute approximate surface area is 440 Å². The van der Waals surface area contributed by atoms with Gasteiger partial charge in [-0.25, -0.2) is 0 Å². The molecule has 0 aliphatic heterocycles. The van der Waals surface area contributed by atoms with Crippen LogP contribution in [0.3, 0.4) is 0 Å². The Balaban J connectivity index is 4.15. The zero-order chi connectivity index (χ0) is 51.4. The van der Waals surface area contributed by atoms with Crippen LogP contribution in [-0.4, -0.2) is 37.2 Å². The molecule has 0 aromatic carbocycles. The normalized spacial score (nSPS) is 12.4. The van der Waals surface area contributed by atoms with Crippen molar-refractivity contribution in [1.29, 1.82) is 0 Å². The van der Waals surface area contributed by atoms with Crippen LogP contribution in [0.5, 0.6) is 0 Å². The molecule has 0 aromatic heterocycles. The third-order valence-corrected chi connectivity index (χ3v) is 13.5. The number of rotatable bonds is 56. The zero-order valence-electron chi connectivity index (χ0n) is 47.2. The highest BCUT2D eigenvalue weighted by Crippen LogP contribution is 2.16.